The van der Waals surface area contributed by atoms with E-state index in [1.54, 1.807) is 13.1 Å². The lowest BCUT2D eigenvalue weighted by Crippen LogP contribution is -2.54. The van der Waals surface area contributed by atoms with E-state index < -0.39 is 10.0 Å². The summed E-state index contributed by atoms with van der Waals surface area (Å²) in [7, 11) is -1.73. The maximum Gasteiger partial charge on any atom is 0.226 e. The second-order valence-electron chi connectivity index (χ2n) is 9.95. The Labute approximate surface area is 225 Å². The Kier molecular flexibility index (Phi) is 8.50. The van der Waals surface area contributed by atoms with Gasteiger partial charge >= 0.3 is 0 Å². The second kappa shape index (κ2) is 11.3. The molecule has 2 aromatic carbocycles. The molecule has 3 unspecified atom stereocenters. The Bertz CT molecular complexity index is 1200. The molecule has 36 heavy (non-hydrogen) atoms. The zero-order valence-corrected chi connectivity index (χ0v) is 23.1. The highest BCUT2D eigenvalue weighted by atomic mass is 35.5. The van der Waals surface area contributed by atoms with E-state index in [1.807, 2.05) is 54.3 Å². The number of benzene rings is 2. The lowest BCUT2D eigenvalue weighted by Gasteiger charge is -2.49. The number of nitrogens with zero attached hydrogens (tertiary/aromatic N) is 2. The molecule has 1 aliphatic heterocycles. The van der Waals surface area contributed by atoms with Crippen molar-refractivity contribution in [2.24, 2.45) is 5.92 Å². The van der Waals surface area contributed by atoms with Gasteiger partial charge in [0.1, 0.15) is 0 Å². The molecule has 0 bridgehead atoms. The molecule has 5 nitrogen and oxygen atoms in total. The molecule has 0 N–H and O–H groups in total. The summed E-state index contributed by atoms with van der Waals surface area (Å²) in [6.07, 6.45) is 5.05. The zero-order valence-electron chi connectivity index (χ0n) is 20.8. The van der Waals surface area contributed by atoms with Crippen molar-refractivity contribution in [3.63, 3.8) is 0 Å². The molecule has 1 amide bonds. The molecule has 0 spiro atoms. The summed E-state index contributed by atoms with van der Waals surface area (Å²) in [5.74, 6) is -0.224. The van der Waals surface area contributed by atoms with E-state index in [-0.39, 0.29) is 41.6 Å². The molecule has 4 rings (SSSR count). The molecule has 8 heteroatoms. The predicted octanol–water partition coefficient (Wildman–Crippen LogP) is 6.45. The molecular formula is C28H34Cl2N2O3S. The summed E-state index contributed by atoms with van der Waals surface area (Å²) in [4.78, 5) is 16.0. The minimum atomic E-state index is -3.37. The average Bonchev–Trinajstić information content (AvgIpc) is 3.70. The maximum absolute atomic E-state index is 14.0. The summed E-state index contributed by atoms with van der Waals surface area (Å²) in [5, 5.41) is 0.976. The highest BCUT2D eigenvalue weighted by Crippen LogP contribution is 2.48. The van der Waals surface area contributed by atoms with Crippen LogP contribution in [-0.2, 0) is 14.8 Å². The number of rotatable bonds is 10. The maximum atomic E-state index is 14.0. The van der Waals surface area contributed by atoms with E-state index in [2.05, 4.69) is 12.6 Å². The second-order valence-corrected chi connectivity index (χ2v) is 13.1. The normalized spacial score (nSPS) is 23.6. The van der Waals surface area contributed by atoms with E-state index in [4.69, 9.17) is 23.2 Å². The SMILES string of the molecule is C=CC[C@@H]1CC(c2cccc(Cl)c2)C(c2ccc(Cl)cc2)N(C(CC)CN(C)S(=O)(=O)C2CC2)C1=O. The molecule has 4 atom stereocenters. The number of carbonyl (C=O) groups is 1. The van der Waals surface area contributed by atoms with Gasteiger partial charge in [0, 0.05) is 41.5 Å². The fraction of sp³-hybridized carbons (Fsp3) is 0.464. The third-order valence-corrected chi connectivity index (χ3v) is 10.3. The van der Waals surface area contributed by atoms with Crippen LogP contribution in [0, 0.1) is 5.92 Å². The van der Waals surface area contributed by atoms with Crippen LogP contribution in [0.4, 0.5) is 0 Å². The third-order valence-electron chi connectivity index (χ3n) is 7.48. The summed E-state index contributed by atoms with van der Waals surface area (Å²) in [5.41, 5.74) is 2.03. The van der Waals surface area contributed by atoms with Crippen LogP contribution in [0.3, 0.4) is 0 Å². The van der Waals surface area contributed by atoms with E-state index >= 15 is 0 Å². The van der Waals surface area contributed by atoms with Crippen molar-refractivity contribution in [3.05, 3.63) is 82.4 Å². The monoisotopic (exact) mass is 548 g/mol. The van der Waals surface area contributed by atoms with Gasteiger partial charge in [-0.2, -0.15) is 0 Å². The molecule has 194 valence electrons. The van der Waals surface area contributed by atoms with E-state index in [0.29, 0.717) is 42.1 Å². The highest BCUT2D eigenvalue weighted by Gasteiger charge is 2.46. The molecule has 0 radical (unpaired) electrons. The van der Waals surface area contributed by atoms with Crippen LogP contribution < -0.4 is 0 Å². The summed E-state index contributed by atoms with van der Waals surface area (Å²) >= 11 is 12.6. The Hall–Kier alpha value is -1.86. The van der Waals surface area contributed by atoms with Crippen molar-refractivity contribution in [2.75, 3.05) is 13.6 Å². The van der Waals surface area contributed by atoms with E-state index in [0.717, 1.165) is 11.1 Å². The van der Waals surface area contributed by atoms with Gasteiger partial charge in [-0.3, -0.25) is 4.79 Å². The summed E-state index contributed by atoms with van der Waals surface area (Å²) in [6.45, 7) is 6.16. The number of sulfonamides is 1. The summed E-state index contributed by atoms with van der Waals surface area (Å²) < 4.78 is 27.4. The van der Waals surface area contributed by atoms with Crippen LogP contribution in [0.5, 0.6) is 0 Å². The minimum absolute atomic E-state index is 0.0214. The topological polar surface area (TPSA) is 57.7 Å². The fourth-order valence-electron chi connectivity index (χ4n) is 5.43. The van der Waals surface area contributed by atoms with Crippen molar-refractivity contribution in [1.82, 2.24) is 9.21 Å². The molecule has 1 saturated heterocycles. The van der Waals surface area contributed by atoms with Gasteiger partial charge in [0.15, 0.2) is 0 Å². The molecule has 2 aliphatic rings. The van der Waals surface area contributed by atoms with Crippen molar-refractivity contribution < 1.29 is 13.2 Å². The Morgan fingerprint density at radius 2 is 1.81 bits per heavy atom. The number of allylic oxidation sites excluding steroid dienone is 1. The number of likely N-dealkylation sites (tertiary alicyclic amines) is 1. The van der Waals surface area contributed by atoms with Crippen LogP contribution in [0.15, 0.2) is 61.2 Å². The average molecular weight is 550 g/mol. The third kappa shape index (κ3) is 5.67. The van der Waals surface area contributed by atoms with Crippen LogP contribution in [-0.4, -0.2) is 48.4 Å². The zero-order chi connectivity index (χ0) is 26.0. The minimum Gasteiger partial charge on any atom is -0.330 e. The first kappa shape index (κ1) is 27.2. The molecule has 0 aromatic heterocycles. The number of piperidine rings is 1. The molecule has 1 aliphatic carbocycles. The molecular weight excluding hydrogens is 515 g/mol. The number of likely N-dealkylation sites (N-methyl/N-ethyl adjacent to an activating group) is 1. The number of hydrogen-bond donors (Lipinski definition) is 0. The van der Waals surface area contributed by atoms with Gasteiger partial charge in [-0.15, -0.1) is 6.58 Å². The number of carbonyl (C=O) groups excluding carboxylic acids is 1. The number of amides is 1. The first-order valence-corrected chi connectivity index (χ1v) is 14.8. The lowest BCUT2D eigenvalue weighted by atomic mass is 9.74. The van der Waals surface area contributed by atoms with Crippen molar-refractivity contribution in [1.29, 1.82) is 0 Å². The van der Waals surface area contributed by atoms with Gasteiger partial charge in [-0.05, 0) is 67.5 Å². The van der Waals surface area contributed by atoms with Crippen LogP contribution >= 0.6 is 23.2 Å². The number of halogens is 2. The molecule has 1 heterocycles. The number of hydrogen-bond acceptors (Lipinski definition) is 3. The van der Waals surface area contributed by atoms with Crippen LogP contribution in [0.1, 0.15) is 62.1 Å². The van der Waals surface area contributed by atoms with Crippen molar-refractivity contribution >= 4 is 39.1 Å². The molecule has 1 saturated carbocycles. The van der Waals surface area contributed by atoms with Gasteiger partial charge in [0.2, 0.25) is 15.9 Å². The Morgan fingerprint density at radius 1 is 1.11 bits per heavy atom. The Morgan fingerprint density at radius 3 is 2.39 bits per heavy atom. The largest absolute Gasteiger partial charge is 0.330 e. The first-order chi connectivity index (χ1) is 17.2. The molecule has 2 fully saturated rings. The van der Waals surface area contributed by atoms with E-state index in [9.17, 15) is 13.2 Å². The van der Waals surface area contributed by atoms with Gasteiger partial charge in [-0.1, -0.05) is 60.5 Å². The van der Waals surface area contributed by atoms with Gasteiger partial charge in [-0.25, -0.2) is 12.7 Å². The van der Waals surface area contributed by atoms with Gasteiger partial charge < -0.3 is 4.90 Å². The fourth-order valence-corrected chi connectivity index (χ4v) is 7.37. The standard InChI is InChI=1S/C28H34Cl2N2O3S/c1-4-7-21-17-26(20-8-6-9-23(30)16-20)27(19-10-12-22(29)13-11-19)32(28(21)33)24(5-2)18-31(3)36(34,35)25-14-15-25/h4,6,8-13,16,21,24-27H,1,5,7,14-15,17-18H2,2-3H3/t21-,24?,26?,27?/m1/s1. The Balaban J connectivity index is 1.80. The summed E-state index contributed by atoms with van der Waals surface area (Å²) in [6, 6.07) is 14.9. The molecule has 2 aromatic rings. The van der Waals surface area contributed by atoms with Crippen molar-refractivity contribution in [3.8, 4) is 0 Å². The van der Waals surface area contributed by atoms with Gasteiger partial charge in [0.05, 0.1) is 11.3 Å². The van der Waals surface area contributed by atoms with Crippen molar-refractivity contribution in [2.45, 2.75) is 62.3 Å². The van der Waals surface area contributed by atoms with Crippen LogP contribution in [0.2, 0.25) is 10.0 Å². The highest BCUT2D eigenvalue weighted by molar-refractivity contribution is 7.90. The van der Waals surface area contributed by atoms with Gasteiger partial charge in [0.25, 0.3) is 0 Å². The first-order valence-electron chi connectivity index (χ1n) is 12.6. The van der Waals surface area contributed by atoms with E-state index in [1.165, 1.54) is 4.31 Å². The van der Waals surface area contributed by atoms with Crippen LogP contribution in [0.25, 0.3) is 0 Å². The smallest absolute Gasteiger partial charge is 0.226 e. The lowest BCUT2D eigenvalue weighted by molar-refractivity contribution is -0.147. The quantitative estimate of drug-likeness (QED) is 0.320. The predicted molar refractivity (Wildman–Crippen MR) is 147 cm³/mol.